The number of fused-ring (bicyclic) bond motifs is 1. The minimum absolute atomic E-state index is 0.283. The highest BCUT2D eigenvalue weighted by Gasteiger charge is 2.16. The second-order valence-corrected chi connectivity index (χ2v) is 16.4. The lowest BCUT2D eigenvalue weighted by molar-refractivity contribution is 1.06. The van der Waals surface area contributed by atoms with E-state index in [-0.39, 0.29) is 5.16 Å². The van der Waals surface area contributed by atoms with Gasteiger partial charge in [0.25, 0.3) is 0 Å². The highest BCUT2D eigenvalue weighted by Crippen LogP contribution is 2.33. The number of aryl methyl sites for hydroxylation is 1. The molecule has 68 heavy (non-hydrogen) atoms. The van der Waals surface area contributed by atoms with Gasteiger partial charge < -0.3 is 0 Å². The van der Waals surface area contributed by atoms with E-state index in [0.717, 1.165) is 66.7 Å². The molecule has 0 spiro atoms. The summed E-state index contributed by atoms with van der Waals surface area (Å²) in [6.45, 7) is 32.9. The Labute approximate surface area is 416 Å². The molecule has 0 bridgehead atoms. The molecule has 0 saturated carbocycles. The molecule has 3 aromatic heterocycles. The summed E-state index contributed by atoms with van der Waals surface area (Å²) in [5.41, 5.74) is 13.9. The van der Waals surface area contributed by atoms with Gasteiger partial charge in [-0.2, -0.15) is 0 Å². The van der Waals surface area contributed by atoms with E-state index in [0.29, 0.717) is 6.54 Å². The molecule has 4 aromatic carbocycles. The minimum Gasteiger partial charge on any atom is -0.285 e. The number of benzene rings is 4. The van der Waals surface area contributed by atoms with Crippen molar-refractivity contribution >= 4 is 50.0 Å². The van der Waals surface area contributed by atoms with Gasteiger partial charge in [0.1, 0.15) is 5.16 Å². The number of pyridine rings is 2. The third kappa shape index (κ3) is 19.5. The zero-order chi connectivity index (χ0) is 50.3. The molecule has 0 fully saturated rings. The van der Waals surface area contributed by atoms with Crippen LogP contribution in [0.5, 0.6) is 0 Å². The fourth-order valence-corrected chi connectivity index (χ4v) is 7.25. The van der Waals surface area contributed by atoms with Crippen LogP contribution in [0.15, 0.2) is 236 Å². The van der Waals surface area contributed by atoms with Crippen molar-refractivity contribution in [1.82, 2.24) is 9.97 Å². The molecule has 7 aromatic rings. The summed E-state index contributed by atoms with van der Waals surface area (Å²) in [6, 6.07) is 45.4. The van der Waals surface area contributed by atoms with Crippen molar-refractivity contribution in [2.45, 2.75) is 55.0 Å². The lowest BCUT2D eigenvalue weighted by Gasteiger charge is -2.08. The Morgan fingerprint density at radius 3 is 1.57 bits per heavy atom. The highest BCUT2D eigenvalue weighted by molar-refractivity contribution is 7.21. The number of halogens is 1. The Balaban J connectivity index is 0.000000358. The van der Waals surface area contributed by atoms with E-state index >= 15 is 0 Å². The molecule has 346 valence electrons. The molecule has 0 aliphatic carbocycles. The van der Waals surface area contributed by atoms with Gasteiger partial charge in [0.15, 0.2) is 0 Å². The Morgan fingerprint density at radius 2 is 1.15 bits per heavy atom. The van der Waals surface area contributed by atoms with Gasteiger partial charge in [-0.1, -0.05) is 189 Å². The topological polar surface area (TPSA) is 50.5 Å². The first-order valence-corrected chi connectivity index (χ1v) is 23.2. The maximum absolute atomic E-state index is 6.01. The van der Waals surface area contributed by atoms with Crippen LogP contribution in [0, 0.1) is 19.8 Å². The SMILES string of the molecule is C#C.C/C=C\C.C=C(Cl)/N=C(/c1ccc(C(=C)C)cc1)c1sc2ccccc2c1C.C=C/C=C\C(=C)C.C=CC.CC(=NCc1ccc(-c2ccccn2)cc1)c1ccc(-c2ccccn2)cc1. The Hall–Kier alpha value is -7.49. The lowest BCUT2D eigenvalue weighted by atomic mass is 10.0. The summed E-state index contributed by atoms with van der Waals surface area (Å²) in [7, 11) is 0. The number of nitrogens with zero attached hydrogens (tertiary/aromatic N) is 4. The summed E-state index contributed by atoms with van der Waals surface area (Å²) in [4.78, 5) is 19.2. The Morgan fingerprint density at radius 1 is 0.662 bits per heavy atom. The molecular formula is C62H65ClN4S. The molecule has 0 unspecified atom stereocenters. The summed E-state index contributed by atoms with van der Waals surface area (Å²) >= 11 is 7.74. The number of terminal acetylenes is 1. The molecule has 7 rings (SSSR count). The predicted molar refractivity (Wildman–Crippen MR) is 304 cm³/mol. The van der Waals surface area contributed by atoms with E-state index in [1.807, 2.05) is 108 Å². The van der Waals surface area contributed by atoms with Crippen molar-refractivity contribution in [3.63, 3.8) is 0 Å². The van der Waals surface area contributed by atoms with Gasteiger partial charge in [0.2, 0.25) is 0 Å². The van der Waals surface area contributed by atoms with Gasteiger partial charge in [-0.05, 0) is 106 Å². The first-order valence-electron chi connectivity index (χ1n) is 22.0. The van der Waals surface area contributed by atoms with Crippen molar-refractivity contribution < 1.29 is 0 Å². The van der Waals surface area contributed by atoms with Crippen molar-refractivity contribution in [2.24, 2.45) is 9.98 Å². The average molecular weight is 934 g/mol. The van der Waals surface area contributed by atoms with E-state index in [2.05, 4.69) is 172 Å². The van der Waals surface area contributed by atoms with Crippen LogP contribution in [0.3, 0.4) is 0 Å². The molecule has 0 amide bonds. The summed E-state index contributed by atoms with van der Waals surface area (Å²) < 4.78 is 1.25. The molecule has 0 radical (unpaired) electrons. The van der Waals surface area contributed by atoms with Crippen LogP contribution in [-0.2, 0) is 6.54 Å². The number of hydrogen-bond acceptors (Lipinski definition) is 5. The maximum Gasteiger partial charge on any atom is 0.122 e. The molecule has 0 atom stereocenters. The number of allylic oxidation sites excluding steroid dienone is 8. The van der Waals surface area contributed by atoms with Gasteiger partial charge in [0.05, 0.1) is 28.5 Å². The largest absolute Gasteiger partial charge is 0.285 e. The van der Waals surface area contributed by atoms with Crippen molar-refractivity contribution in [1.29, 1.82) is 0 Å². The Bertz CT molecular complexity index is 2780. The van der Waals surface area contributed by atoms with Crippen LogP contribution in [0.1, 0.15) is 74.2 Å². The van der Waals surface area contributed by atoms with Crippen molar-refractivity contribution in [3.8, 4) is 35.4 Å². The Kier molecular flexibility index (Phi) is 26.8. The second kappa shape index (κ2) is 32.2. The molecule has 0 N–H and O–H groups in total. The van der Waals surface area contributed by atoms with Gasteiger partial charge in [-0.3, -0.25) is 15.0 Å². The maximum atomic E-state index is 6.01. The van der Waals surface area contributed by atoms with E-state index in [9.17, 15) is 0 Å². The molecule has 0 saturated heterocycles. The van der Waals surface area contributed by atoms with E-state index in [1.54, 1.807) is 23.5 Å². The van der Waals surface area contributed by atoms with Crippen LogP contribution in [0.2, 0.25) is 0 Å². The van der Waals surface area contributed by atoms with Gasteiger partial charge in [-0.15, -0.1) is 30.8 Å². The van der Waals surface area contributed by atoms with Crippen LogP contribution >= 0.6 is 22.9 Å². The smallest absolute Gasteiger partial charge is 0.122 e. The number of thiophene rings is 1. The summed E-state index contributed by atoms with van der Waals surface area (Å²) in [6.07, 6.45) is 22.9. The van der Waals surface area contributed by atoms with Crippen molar-refractivity contribution in [3.05, 3.63) is 259 Å². The zero-order valence-electron chi connectivity index (χ0n) is 40.8. The van der Waals surface area contributed by atoms with Crippen LogP contribution < -0.4 is 0 Å². The van der Waals surface area contributed by atoms with Gasteiger partial charge in [-0.25, -0.2) is 4.99 Å². The quantitative estimate of drug-likeness (QED) is 0.0427. The van der Waals surface area contributed by atoms with E-state index in [4.69, 9.17) is 16.6 Å². The van der Waals surface area contributed by atoms with Crippen LogP contribution in [-0.4, -0.2) is 21.4 Å². The molecule has 3 heterocycles. The minimum atomic E-state index is 0.283. The number of aromatic nitrogens is 2. The fourth-order valence-electron chi connectivity index (χ4n) is 5.94. The predicted octanol–water partition coefficient (Wildman–Crippen LogP) is 17.9. The monoisotopic (exact) mass is 932 g/mol. The lowest BCUT2D eigenvalue weighted by Crippen LogP contribution is -2.03. The molecule has 0 aliphatic heterocycles. The third-order valence-electron chi connectivity index (χ3n) is 9.47. The van der Waals surface area contributed by atoms with Crippen molar-refractivity contribution in [2.75, 3.05) is 0 Å². The van der Waals surface area contributed by atoms with Gasteiger partial charge in [0, 0.05) is 39.5 Å². The molecule has 0 aliphatic rings. The standard InChI is InChI=1S/C25H21N3.C21H18ClNS.C7H10.C4H8.C3H6.C2H2/c1-19(21-12-14-23(15-13-21)25-7-3-5-17-27-25)28-18-20-8-10-22(11-9-20)24-6-2-4-16-26-24;1-13(2)16-9-11-17(12-10-16)20(23-15(4)22)21-14(3)18-7-5-6-8-19(18)24-21;1-4-5-6-7(2)3;1-3-4-2;1-3-2;1-2/h2-17H,18H2,1H3;5-12H,1,4H2,2-3H3;4-6H,1-2H2,3H3;3-4H,1-2H3;3H,1H2,2H3;1-2H/b;23-20-;6-5-;4-3-;;. The van der Waals surface area contributed by atoms with Crippen LogP contribution in [0.4, 0.5) is 0 Å². The number of rotatable bonds is 11. The van der Waals surface area contributed by atoms with E-state index < -0.39 is 0 Å². The third-order valence-corrected chi connectivity index (χ3v) is 10.8. The zero-order valence-corrected chi connectivity index (χ0v) is 42.4. The average Bonchev–Trinajstić information content (AvgIpc) is 3.71. The summed E-state index contributed by atoms with van der Waals surface area (Å²) in [5.74, 6) is 0. The summed E-state index contributed by atoms with van der Waals surface area (Å²) in [5, 5.41) is 1.54. The normalized spacial score (nSPS) is 10.6. The second-order valence-electron chi connectivity index (χ2n) is 14.9. The first kappa shape index (κ1) is 56.6. The van der Waals surface area contributed by atoms with Gasteiger partial charge >= 0.3 is 0 Å². The fraction of sp³-hybridized carbons (Fsp3) is 0.129. The molecular weight excluding hydrogens is 868 g/mol. The molecule has 4 nitrogen and oxygen atoms in total. The number of hydrogen-bond donors (Lipinski definition) is 0. The molecule has 6 heteroatoms. The first-order chi connectivity index (χ1) is 32.9. The number of aliphatic imine (C=N–C) groups is 2. The highest BCUT2D eigenvalue weighted by atomic mass is 35.5. The van der Waals surface area contributed by atoms with E-state index in [1.165, 1.54) is 21.2 Å². The van der Waals surface area contributed by atoms with Crippen LogP contribution in [0.25, 0.3) is 38.2 Å².